The van der Waals surface area contributed by atoms with E-state index in [0.717, 1.165) is 27.6 Å². The molecule has 0 aliphatic carbocycles. The van der Waals surface area contributed by atoms with Crippen LogP contribution in [0.15, 0.2) is 104 Å². The van der Waals surface area contributed by atoms with Crippen LogP contribution in [0.25, 0.3) is 22.0 Å². The van der Waals surface area contributed by atoms with E-state index in [1.807, 2.05) is 48.7 Å². The predicted molar refractivity (Wildman–Crippen MR) is 207 cm³/mol. The second-order valence-electron chi connectivity index (χ2n) is 13.7. The normalized spacial score (nSPS) is 17.8. The van der Waals surface area contributed by atoms with Crippen molar-refractivity contribution < 1.29 is 19.2 Å². The van der Waals surface area contributed by atoms with E-state index >= 15 is 0 Å². The van der Waals surface area contributed by atoms with Gasteiger partial charge in [-0.1, -0.05) is 79.5 Å². The van der Waals surface area contributed by atoms with Crippen molar-refractivity contribution in [2.75, 3.05) is 39.8 Å². The molecule has 3 atom stereocenters. The van der Waals surface area contributed by atoms with Crippen LogP contribution >= 0.6 is 11.6 Å². The summed E-state index contributed by atoms with van der Waals surface area (Å²) < 4.78 is 0. The highest BCUT2D eigenvalue weighted by atomic mass is 35.5. The first kappa shape index (κ1) is 37.3. The van der Waals surface area contributed by atoms with Crippen molar-refractivity contribution in [2.45, 2.75) is 26.2 Å². The van der Waals surface area contributed by atoms with Crippen LogP contribution in [0.5, 0.6) is 0 Å². The van der Waals surface area contributed by atoms with Gasteiger partial charge in [0.05, 0.1) is 18.9 Å². The number of piperidine rings is 1. The summed E-state index contributed by atoms with van der Waals surface area (Å²) in [5.74, 6) is -1.63. The molecule has 7 rings (SSSR count). The Labute approximate surface area is 314 Å². The summed E-state index contributed by atoms with van der Waals surface area (Å²) in [6.45, 7) is 3.52. The molecule has 11 heteroatoms. The first-order chi connectivity index (χ1) is 25.7. The molecule has 2 aliphatic heterocycles. The average Bonchev–Trinajstić information content (AvgIpc) is 3.81. The number of hydrogen-bond acceptors (Lipinski definition) is 5. The SMILES string of the molecule is CCCc1ccccc1.CNC(=O)CNC(=O)C1CN(C(=O)Cc2c[nH]c3cc(Cl)ccc23)CC2CN(C(=O)c3cccc(-c4cccnc4)c3)CC21. The standard InChI is InChI=1S/C33H33ClN6O4.C9H12/c1-35-30(41)15-38-32(43)28-19-39(31(42)11-23-14-37-29-12-25(34)7-8-26(23)29)16-24-17-40(18-27(24)28)33(44)21-5-2-4-20(10-21)22-6-3-9-36-13-22;1-2-6-9-7-4-3-5-8-9/h2-10,12-14,24,27-28,37H,11,15-19H2,1H3,(H,35,41)(H,38,43);3-5,7-8H,2,6H2,1H3. The van der Waals surface area contributed by atoms with Gasteiger partial charge < -0.3 is 25.4 Å². The molecule has 5 aromatic rings. The van der Waals surface area contributed by atoms with Gasteiger partial charge in [0.15, 0.2) is 0 Å². The Hall–Kier alpha value is -5.48. The molecule has 0 bridgehead atoms. The van der Waals surface area contributed by atoms with Crippen molar-refractivity contribution in [3.05, 3.63) is 125 Å². The van der Waals surface area contributed by atoms with Crippen LogP contribution < -0.4 is 10.6 Å². The number of carbonyl (C=O) groups is 4. The number of aryl methyl sites for hydroxylation is 1. The van der Waals surface area contributed by atoms with Crippen LogP contribution in [0.1, 0.15) is 34.8 Å². The van der Waals surface area contributed by atoms with Crippen LogP contribution in [-0.2, 0) is 27.2 Å². The number of fused-ring (bicyclic) bond motifs is 2. The largest absolute Gasteiger partial charge is 0.361 e. The number of nitrogens with zero attached hydrogens (tertiary/aromatic N) is 3. The molecule has 3 N–H and O–H groups in total. The molecular weight excluding hydrogens is 688 g/mol. The summed E-state index contributed by atoms with van der Waals surface area (Å²) in [5.41, 5.74) is 5.50. The molecule has 3 unspecified atom stereocenters. The zero-order valence-corrected chi connectivity index (χ0v) is 30.8. The van der Waals surface area contributed by atoms with Gasteiger partial charge in [-0.2, -0.15) is 0 Å². The maximum Gasteiger partial charge on any atom is 0.253 e. The Morgan fingerprint density at radius 2 is 1.68 bits per heavy atom. The number of hydrogen-bond donors (Lipinski definition) is 3. The minimum atomic E-state index is -0.566. The van der Waals surface area contributed by atoms with Gasteiger partial charge in [-0.25, -0.2) is 0 Å². The summed E-state index contributed by atoms with van der Waals surface area (Å²) >= 11 is 6.13. The van der Waals surface area contributed by atoms with Crippen LogP contribution in [0.2, 0.25) is 5.02 Å². The molecule has 2 aromatic heterocycles. The van der Waals surface area contributed by atoms with Crippen molar-refractivity contribution in [1.29, 1.82) is 0 Å². The fourth-order valence-corrected chi connectivity index (χ4v) is 7.54. The van der Waals surface area contributed by atoms with E-state index < -0.39 is 5.92 Å². The Bertz CT molecular complexity index is 2050. The molecule has 0 spiro atoms. The van der Waals surface area contributed by atoms with Crippen molar-refractivity contribution in [3.8, 4) is 11.1 Å². The minimum Gasteiger partial charge on any atom is -0.361 e. The Morgan fingerprint density at radius 1 is 0.887 bits per heavy atom. The lowest BCUT2D eigenvalue weighted by molar-refractivity contribution is -0.139. The highest BCUT2D eigenvalue weighted by molar-refractivity contribution is 6.31. The van der Waals surface area contributed by atoms with Crippen LogP contribution in [0.3, 0.4) is 0 Å². The molecule has 53 heavy (non-hydrogen) atoms. The van der Waals surface area contributed by atoms with Gasteiger partial charge in [-0.05, 0) is 65.3 Å². The van der Waals surface area contributed by atoms with Gasteiger partial charge in [0.1, 0.15) is 0 Å². The Kier molecular flexibility index (Phi) is 12.2. The van der Waals surface area contributed by atoms with Gasteiger partial charge in [-0.3, -0.25) is 24.2 Å². The number of pyridine rings is 1. The molecule has 2 aliphatic rings. The number of amides is 4. The van der Waals surface area contributed by atoms with Crippen LogP contribution in [0.4, 0.5) is 0 Å². The number of nitrogens with one attached hydrogen (secondary N) is 3. The fourth-order valence-electron chi connectivity index (χ4n) is 7.37. The number of H-pyrrole nitrogens is 1. The quantitative estimate of drug-likeness (QED) is 0.177. The lowest BCUT2D eigenvalue weighted by atomic mass is 9.79. The zero-order valence-electron chi connectivity index (χ0n) is 30.1. The number of aromatic nitrogens is 2. The predicted octanol–water partition coefficient (Wildman–Crippen LogP) is 5.77. The maximum atomic E-state index is 13.7. The molecule has 274 valence electrons. The minimum absolute atomic E-state index is 0.0873. The van der Waals surface area contributed by atoms with E-state index in [1.165, 1.54) is 25.5 Å². The Morgan fingerprint density at radius 3 is 2.43 bits per heavy atom. The highest BCUT2D eigenvalue weighted by Crippen LogP contribution is 2.37. The number of likely N-dealkylation sites (N-methyl/N-ethyl adjacent to an activating group) is 1. The molecule has 2 saturated heterocycles. The summed E-state index contributed by atoms with van der Waals surface area (Å²) in [7, 11) is 1.51. The number of rotatable bonds is 9. The van der Waals surface area contributed by atoms with Crippen molar-refractivity contribution >= 4 is 46.1 Å². The van der Waals surface area contributed by atoms with Crippen molar-refractivity contribution in [3.63, 3.8) is 0 Å². The van der Waals surface area contributed by atoms with E-state index in [-0.39, 0.29) is 55.0 Å². The first-order valence-corrected chi connectivity index (χ1v) is 18.5. The molecule has 4 amide bonds. The number of benzene rings is 3. The number of likely N-dealkylation sites (tertiary alicyclic amines) is 2. The molecule has 3 aromatic carbocycles. The lowest BCUT2D eigenvalue weighted by Crippen LogP contribution is -2.54. The number of aromatic amines is 1. The molecule has 10 nitrogen and oxygen atoms in total. The van der Waals surface area contributed by atoms with E-state index in [0.29, 0.717) is 30.2 Å². The van der Waals surface area contributed by atoms with Gasteiger partial charge in [0, 0.05) is 78.9 Å². The van der Waals surface area contributed by atoms with E-state index in [9.17, 15) is 19.2 Å². The van der Waals surface area contributed by atoms with Gasteiger partial charge in [0.2, 0.25) is 17.7 Å². The molecule has 0 radical (unpaired) electrons. The molecular formula is C42H45ClN6O4. The summed E-state index contributed by atoms with van der Waals surface area (Å²) in [4.78, 5) is 63.6. The van der Waals surface area contributed by atoms with Gasteiger partial charge in [0.25, 0.3) is 5.91 Å². The summed E-state index contributed by atoms with van der Waals surface area (Å²) in [6, 6.07) is 27.3. The number of halogens is 1. The third-order valence-electron chi connectivity index (χ3n) is 10.1. The molecule has 2 fully saturated rings. The molecule has 0 saturated carbocycles. The van der Waals surface area contributed by atoms with Crippen molar-refractivity contribution in [1.82, 2.24) is 30.4 Å². The maximum absolute atomic E-state index is 13.7. The van der Waals surface area contributed by atoms with E-state index in [4.69, 9.17) is 11.6 Å². The molecule has 4 heterocycles. The topological polar surface area (TPSA) is 128 Å². The highest BCUT2D eigenvalue weighted by Gasteiger charge is 2.47. The fraction of sp³-hybridized carbons (Fsp3) is 0.310. The first-order valence-electron chi connectivity index (χ1n) is 18.1. The summed E-state index contributed by atoms with van der Waals surface area (Å²) in [5, 5.41) is 6.77. The van der Waals surface area contributed by atoms with Crippen molar-refractivity contribution in [2.24, 2.45) is 17.8 Å². The zero-order chi connectivity index (χ0) is 37.3. The smallest absolute Gasteiger partial charge is 0.253 e. The van der Waals surface area contributed by atoms with Crippen LogP contribution in [0, 0.1) is 17.8 Å². The monoisotopic (exact) mass is 732 g/mol. The van der Waals surface area contributed by atoms with E-state index in [1.54, 1.807) is 34.3 Å². The second kappa shape index (κ2) is 17.4. The van der Waals surface area contributed by atoms with Gasteiger partial charge >= 0.3 is 0 Å². The third kappa shape index (κ3) is 9.13. The Balaban J connectivity index is 0.000000468. The lowest BCUT2D eigenvalue weighted by Gasteiger charge is -2.39. The third-order valence-corrected chi connectivity index (χ3v) is 10.4. The number of carbonyl (C=O) groups excluding carboxylic acids is 4. The average molecular weight is 733 g/mol. The van der Waals surface area contributed by atoms with Gasteiger partial charge in [-0.15, -0.1) is 0 Å². The summed E-state index contributed by atoms with van der Waals surface area (Å²) in [6.07, 6.45) is 7.89. The van der Waals surface area contributed by atoms with Crippen LogP contribution in [-0.4, -0.2) is 83.2 Å². The van der Waals surface area contributed by atoms with E-state index in [2.05, 4.69) is 57.9 Å². The second-order valence-corrected chi connectivity index (χ2v) is 14.1.